The number of ether oxygens (including phenoxy) is 5. The lowest BCUT2D eigenvalue weighted by atomic mass is 10.1. The van der Waals surface area contributed by atoms with Crippen molar-refractivity contribution in [2.45, 2.75) is 19.6 Å². The summed E-state index contributed by atoms with van der Waals surface area (Å²) in [6.07, 6.45) is 11.4. The smallest absolute Gasteiger partial charge is 0.260 e. The lowest BCUT2D eigenvalue weighted by Gasteiger charge is -2.18. The molecule has 20 heteroatoms. The van der Waals surface area contributed by atoms with Gasteiger partial charge in [-0.1, -0.05) is 48.5 Å². The van der Waals surface area contributed by atoms with Crippen molar-refractivity contribution in [1.29, 1.82) is 0 Å². The number of benzene rings is 2. The first-order valence-corrected chi connectivity index (χ1v) is 16.3. The summed E-state index contributed by atoms with van der Waals surface area (Å²) < 4.78 is 28.0. The lowest BCUT2D eigenvalue weighted by molar-refractivity contribution is -0.0276. The zero-order valence-corrected chi connectivity index (χ0v) is 29.0. The highest BCUT2D eigenvalue weighted by Crippen LogP contribution is 2.32. The van der Waals surface area contributed by atoms with Gasteiger partial charge in [-0.2, -0.15) is 56.5 Å². The number of fused-ring (bicyclic) bond motifs is 1. The fourth-order valence-electron chi connectivity index (χ4n) is 4.27. The Bertz CT molecular complexity index is 1780. The third kappa shape index (κ3) is 14.0. The number of hydrogen-bond donors (Lipinski definition) is 7. The molecule has 53 heavy (non-hydrogen) atoms. The van der Waals surface area contributed by atoms with Crippen LogP contribution in [0.1, 0.15) is 29.8 Å². The third-order valence-electron chi connectivity index (χ3n) is 6.71. The van der Waals surface area contributed by atoms with Crippen molar-refractivity contribution in [3.05, 3.63) is 120 Å². The maximum atomic E-state index is 6.63. The average molecular weight is 730 g/mol. The molecule has 1 unspecified atom stereocenters. The first-order chi connectivity index (χ1) is 26.2. The van der Waals surface area contributed by atoms with Crippen LogP contribution in [0.4, 0.5) is 0 Å². The molecule has 7 rings (SSSR count). The van der Waals surface area contributed by atoms with Crippen molar-refractivity contribution in [3.63, 3.8) is 0 Å². The molecule has 7 aromatic rings. The summed E-state index contributed by atoms with van der Waals surface area (Å²) in [5, 5.41) is 39.8. The van der Waals surface area contributed by atoms with E-state index in [1.54, 1.807) is 37.2 Å². The minimum absolute atomic E-state index is 0.0511. The Hall–Kier alpha value is -6.48. The summed E-state index contributed by atoms with van der Waals surface area (Å²) in [7, 11) is 0. The fourth-order valence-corrected chi connectivity index (χ4v) is 4.27. The van der Waals surface area contributed by atoms with Gasteiger partial charge in [0.25, 0.3) is 5.88 Å². The summed E-state index contributed by atoms with van der Waals surface area (Å²) in [4.78, 5) is 3.26. The van der Waals surface area contributed by atoms with Gasteiger partial charge < -0.3 is 40.1 Å². The molecule has 1 atom stereocenters. The molecular formula is C33H43N15O5. The van der Waals surface area contributed by atoms with Gasteiger partial charge in [-0.15, -0.1) is 5.10 Å². The van der Waals surface area contributed by atoms with E-state index in [0.29, 0.717) is 51.1 Å². The predicted octanol–water partition coefficient (Wildman–Crippen LogP) is 2.65. The van der Waals surface area contributed by atoms with Crippen LogP contribution in [0.15, 0.2) is 104 Å². The maximum Gasteiger partial charge on any atom is 0.260 e. The zero-order valence-electron chi connectivity index (χ0n) is 29.0. The molecule has 0 radical (unpaired) electrons. The van der Waals surface area contributed by atoms with Gasteiger partial charge in [0.15, 0.2) is 6.79 Å². The molecule has 0 saturated carbocycles. The minimum Gasteiger partial charge on any atom is -0.486 e. The van der Waals surface area contributed by atoms with Gasteiger partial charge in [0.1, 0.15) is 18.1 Å². The van der Waals surface area contributed by atoms with Gasteiger partial charge >= 0.3 is 0 Å². The Morgan fingerprint density at radius 2 is 1.28 bits per heavy atom. The van der Waals surface area contributed by atoms with Crippen LogP contribution in [-0.4, -0.2) is 106 Å². The fraction of sp³-hybridized carbons (Fsp3) is 0.273. The predicted molar refractivity (Wildman–Crippen MR) is 192 cm³/mol. The quantitative estimate of drug-likeness (QED) is 0.0428. The van der Waals surface area contributed by atoms with Crippen LogP contribution in [0, 0.1) is 0 Å². The number of nitrogens with one attached hydrogen (secondary N) is 5. The first-order valence-electron chi connectivity index (χ1n) is 16.3. The first kappa shape index (κ1) is 39.3. The van der Waals surface area contributed by atoms with Crippen molar-refractivity contribution in [2.75, 3.05) is 39.8 Å². The van der Waals surface area contributed by atoms with Gasteiger partial charge in [-0.25, -0.2) is 0 Å². The average Bonchev–Trinajstić information content (AvgIpc) is 4.06. The van der Waals surface area contributed by atoms with Crippen LogP contribution < -0.4 is 16.2 Å². The highest BCUT2D eigenvalue weighted by molar-refractivity contribution is 5.91. The van der Waals surface area contributed by atoms with E-state index < -0.39 is 6.04 Å². The Labute approximate surface area is 304 Å². The second kappa shape index (κ2) is 23.8. The van der Waals surface area contributed by atoms with Gasteiger partial charge in [-0.05, 0) is 18.6 Å². The normalized spacial score (nSPS) is 11.5. The summed E-state index contributed by atoms with van der Waals surface area (Å²) in [5.74, 6) is 0.646. The highest BCUT2D eigenvalue weighted by atomic mass is 16.7. The number of nitrogens with zero attached hydrogens (tertiary/aromatic N) is 8. The SMILES string of the molecule is CCOCCOCCOCOc1n[nH]nc1C(N)C(N)=C(OCc1ccccc1)c1c[nH]c2ccccc12.c1cn[nH]n1.c1cn[nH]n1.c1cn[nH]n1. The van der Waals surface area contributed by atoms with Crippen molar-refractivity contribution < 1.29 is 23.7 Å². The number of H-pyrrole nitrogens is 5. The molecule has 2 aromatic carbocycles. The van der Waals surface area contributed by atoms with Gasteiger partial charge in [0.2, 0.25) is 0 Å². The third-order valence-corrected chi connectivity index (χ3v) is 6.71. The molecule has 0 amide bonds. The van der Waals surface area contributed by atoms with Crippen LogP contribution >= 0.6 is 0 Å². The van der Waals surface area contributed by atoms with E-state index in [4.69, 9.17) is 35.2 Å². The van der Waals surface area contributed by atoms with Crippen molar-refractivity contribution in [3.8, 4) is 5.88 Å². The van der Waals surface area contributed by atoms with Gasteiger partial charge in [0.05, 0.1) is 75.3 Å². The van der Waals surface area contributed by atoms with Crippen LogP contribution in [-0.2, 0) is 25.6 Å². The number of hydrogen-bond acceptors (Lipinski definition) is 15. The molecular weight excluding hydrogens is 686 g/mol. The van der Waals surface area contributed by atoms with E-state index >= 15 is 0 Å². The summed E-state index contributed by atoms with van der Waals surface area (Å²) in [6.45, 7) is 4.70. The van der Waals surface area contributed by atoms with E-state index in [0.717, 1.165) is 22.0 Å². The molecule has 0 aliphatic carbocycles. The molecule has 0 aliphatic heterocycles. The van der Waals surface area contributed by atoms with Gasteiger partial charge in [-0.3, -0.25) is 0 Å². The zero-order chi connectivity index (χ0) is 37.2. The van der Waals surface area contributed by atoms with Crippen LogP contribution in [0.5, 0.6) is 5.88 Å². The van der Waals surface area contributed by atoms with E-state index in [-0.39, 0.29) is 18.4 Å². The number of aromatic amines is 5. The Kier molecular flexibility index (Phi) is 17.7. The standard InChI is InChI=1S/C27H34N6O5.3C2H3N3/c1-2-34-12-13-35-14-15-36-18-38-27-25(31-33-32-27)23(28)24(29)26(37-17-19-8-4-3-5-9-19)21-16-30-22-11-7-6-10-20(21)22;3*1-2-4-5-3-1/h3-11,16,23,30H,2,12-15,17-18,28-29H2,1H3,(H,31,32,33);3*1-2H,(H,3,4,5). The Morgan fingerprint density at radius 3 is 1.89 bits per heavy atom. The monoisotopic (exact) mass is 729 g/mol. The Morgan fingerprint density at radius 1 is 0.698 bits per heavy atom. The van der Waals surface area contributed by atoms with Crippen LogP contribution in [0.3, 0.4) is 0 Å². The van der Waals surface area contributed by atoms with E-state index in [1.165, 1.54) is 0 Å². The molecule has 5 heterocycles. The van der Waals surface area contributed by atoms with E-state index in [9.17, 15) is 0 Å². The molecule has 280 valence electrons. The molecule has 20 nitrogen and oxygen atoms in total. The summed E-state index contributed by atoms with van der Waals surface area (Å²) in [6, 6.07) is 16.9. The highest BCUT2D eigenvalue weighted by Gasteiger charge is 2.25. The Balaban J connectivity index is 0.000000341. The largest absolute Gasteiger partial charge is 0.486 e. The number of nitrogens with two attached hydrogens (primary N) is 2. The molecule has 5 aromatic heterocycles. The molecule has 0 fully saturated rings. The summed E-state index contributed by atoms with van der Waals surface area (Å²) in [5.41, 5.74) is 16.6. The van der Waals surface area contributed by atoms with Crippen LogP contribution in [0.2, 0.25) is 0 Å². The molecule has 0 spiro atoms. The molecule has 0 aliphatic rings. The number of aromatic nitrogens is 13. The molecule has 0 bridgehead atoms. The lowest BCUT2D eigenvalue weighted by Crippen LogP contribution is -2.23. The topological polar surface area (TPSA) is 280 Å². The van der Waals surface area contributed by atoms with Crippen molar-refractivity contribution >= 4 is 16.7 Å². The molecule has 9 N–H and O–H groups in total. The number of rotatable bonds is 16. The molecule has 0 saturated heterocycles. The maximum absolute atomic E-state index is 6.63. The second-order valence-corrected chi connectivity index (χ2v) is 10.2. The second-order valence-electron chi connectivity index (χ2n) is 10.2. The summed E-state index contributed by atoms with van der Waals surface area (Å²) >= 11 is 0. The minimum atomic E-state index is -0.856. The van der Waals surface area contributed by atoms with Gasteiger partial charge in [0, 0.05) is 29.3 Å². The van der Waals surface area contributed by atoms with Crippen LogP contribution in [0.25, 0.3) is 16.7 Å². The van der Waals surface area contributed by atoms with E-state index in [1.807, 2.05) is 67.7 Å². The van der Waals surface area contributed by atoms with Crippen molar-refractivity contribution in [1.82, 2.24) is 66.6 Å². The van der Waals surface area contributed by atoms with Crippen molar-refractivity contribution in [2.24, 2.45) is 11.5 Å². The number of para-hydroxylation sites is 1. The van der Waals surface area contributed by atoms with E-state index in [2.05, 4.69) is 66.6 Å².